The number of benzene rings is 6. The van der Waals surface area contributed by atoms with Gasteiger partial charge in [0.25, 0.3) is 0 Å². The van der Waals surface area contributed by atoms with Crippen LogP contribution in [-0.4, -0.2) is 0 Å². The Hall–Kier alpha value is -4.82. The highest BCUT2D eigenvalue weighted by Gasteiger charge is 2.35. The van der Waals surface area contributed by atoms with Crippen LogP contribution in [0.1, 0.15) is 25.0 Å². The first-order valence-electron chi connectivity index (χ1n) is 13.5. The maximum Gasteiger partial charge on any atom is 0.158 e. The van der Waals surface area contributed by atoms with Crippen LogP contribution >= 0.6 is 0 Å². The van der Waals surface area contributed by atoms with Crippen molar-refractivity contribution >= 4 is 44.1 Å². The van der Waals surface area contributed by atoms with Crippen LogP contribution in [0, 0.1) is 0 Å². The van der Waals surface area contributed by atoms with Gasteiger partial charge in [0, 0.05) is 27.4 Å². The second-order valence-corrected chi connectivity index (χ2v) is 11.1. The van der Waals surface area contributed by atoms with Crippen LogP contribution in [0.4, 0.5) is 11.4 Å². The maximum atomic E-state index is 6.77. The van der Waals surface area contributed by atoms with E-state index in [1.807, 2.05) is 0 Å². The van der Waals surface area contributed by atoms with E-state index >= 15 is 0 Å². The van der Waals surface area contributed by atoms with Gasteiger partial charge in [-0.15, -0.1) is 0 Å². The monoisotopic (exact) mass is 501 g/mol. The predicted octanol–water partition coefficient (Wildman–Crippen LogP) is 10.5. The average molecular weight is 502 g/mol. The number of para-hydroxylation sites is 1. The number of nitrogens with one attached hydrogen (secondary N) is 1. The third kappa shape index (κ3) is 3.21. The zero-order valence-corrected chi connectivity index (χ0v) is 22.0. The van der Waals surface area contributed by atoms with E-state index in [2.05, 4.69) is 140 Å². The SMILES string of the molecule is CC1(C)c2ccccc2-c2cc(Nc3cccc4c3oc3c(-c5ccccc5)cc5ccccc5c34)ccc21. The molecule has 186 valence electrons. The van der Waals surface area contributed by atoms with Crippen molar-refractivity contribution in [2.24, 2.45) is 0 Å². The molecule has 0 unspecified atom stereocenters. The summed E-state index contributed by atoms with van der Waals surface area (Å²) < 4.78 is 6.77. The molecule has 1 aromatic heterocycles. The molecule has 8 rings (SSSR count). The molecule has 7 aromatic rings. The van der Waals surface area contributed by atoms with Gasteiger partial charge in [-0.05, 0) is 62.9 Å². The fraction of sp³-hybridized carbons (Fsp3) is 0.0811. The lowest BCUT2D eigenvalue weighted by Gasteiger charge is -2.21. The molecular weight excluding hydrogens is 474 g/mol. The lowest BCUT2D eigenvalue weighted by molar-refractivity contribution is 0.660. The van der Waals surface area contributed by atoms with Crippen molar-refractivity contribution in [3.63, 3.8) is 0 Å². The molecule has 1 N–H and O–H groups in total. The molecule has 0 saturated carbocycles. The minimum absolute atomic E-state index is 0.00188. The molecule has 1 aliphatic rings. The molecule has 0 bridgehead atoms. The van der Waals surface area contributed by atoms with E-state index in [4.69, 9.17) is 4.42 Å². The van der Waals surface area contributed by atoms with Crippen molar-refractivity contribution in [3.05, 3.63) is 132 Å². The molecule has 39 heavy (non-hydrogen) atoms. The Balaban J connectivity index is 1.33. The second kappa shape index (κ2) is 8.09. The molecule has 2 nitrogen and oxygen atoms in total. The van der Waals surface area contributed by atoms with Gasteiger partial charge in [-0.3, -0.25) is 0 Å². The minimum Gasteiger partial charge on any atom is -0.453 e. The number of furan rings is 1. The van der Waals surface area contributed by atoms with Crippen molar-refractivity contribution in [2.45, 2.75) is 19.3 Å². The first-order valence-corrected chi connectivity index (χ1v) is 13.5. The number of rotatable bonds is 3. The molecule has 6 aromatic carbocycles. The van der Waals surface area contributed by atoms with Gasteiger partial charge >= 0.3 is 0 Å². The standard InChI is InChI=1S/C37H27NO/c1-37(2)31-17-9-8-15-27(31)30-22-25(19-20-32(30)37)38-33-18-10-16-28-34-26-14-7-6-13-24(26)21-29(36(34)39-35(28)33)23-11-4-3-5-12-23/h3-22,38H,1-2H3. The highest BCUT2D eigenvalue weighted by atomic mass is 16.3. The number of fused-ring (bicyclic) bond motifs is 8. The normalized spacial score (nSPS) is 13.6. The minimum atomic E-state index is -0.00188. The zero-order chi connectivity index (χ0) is 26.1. The number of anilines is 2. The summed E-state index contributed by atoms with van der Waals surface area (Å²) in [7, 11) is 0. The van der Waals surface area contributed by atoms with Gasteiger partial charge < -0.3 is 9.73 Å². The summed E-state index contributed by atoms with van der Waals surface area (Å²) in [5, 5.41) is 8.41. The lowest BCUT2D eigenvalue weighted by atomic mass is 9.82. The smallest absolute Gasteiger partial charge is 0.158 e. The van der Waals surface area contributed by atoms with Crippen LogP contribution < -0.4 is 5.32 Å². The Bertz CT molecular complexity index is 2060. The molecule has 0 saturated heterocycles. The Kier molecular flexibility index (Phi) is 4.60. The molecule has 0 amide bonds. The van der Waals surface area contributed by atoms with Crippen LogP contribution in [0.15, 0.2) is 126 Å². The third-order valence-electron chi connectivity index (χ3n) is 8.44. The van der Waals surface area contributed by atoms with Crippen LogP contribution in [-0.2, 0) is 5.41 Å². The van der Waals surface area contributed by atoms with Gasteiger partial charge in [0.15, 0.2) is 5.58 Å². The van der Waals surface area contributed by atoms with Crippen molar-refractivity contribution in [1.82, 2.24) is 0 Å². The molecule has 0 radical (unpaired) electrons. The first-order chi connectivity index (χ1) is 19.1. The van der Waals surface area contributed by atoms with Crippen molar-refractivity contribution in [1.29, 1.82) is 0 Å². The van der Waals surface area contributed by atoms with E-state index < -0.39 is 0 Å². The topological polar surface area (TPSA) is 25.2 Å². The average Bonchev–Trinajstić information content (AvgIpc) is 3.47. The highest BCUT2D eigenvalue weighted by Crippen LogP contribution is 2.50. The summed E-state index contributed by atoms with van der Waals surface area (Å²) in [6.07, 6.45) is 0. The van der Waals surface area contributed by atoms with Gasteiger partial charge in [-0.25, -0.2) is 0 Å². The Morgan fingerprint density at radius 1 is 0.564 bits per heavy atom. The molecule has 1 aliphatic carbocycles. The summed E-state index contributed by atoms with van der Waals surface area (Å²) in [5.74, 6) is 0. The van der Waals surface area contributed by atoms with Gasteiger partial charge in [-0.1, -0.05) is 111 Å². The van der Waals surface area contributed by atoms with Gasteiger partial charge in [0.05, 0.1) is 5.69 Å². The fourth-order valence-corrected chi connectivity index (χ4v) is 6.53. The van der Waals surface area contributed by atoms with Crippen LogP contribution in [0.5, 0.6) is 0 Å². The summed E-state index contributed by atoms with van der Waals surface area (Å²) in [6.45, 7) is 4.63. The van der Waals surface area contributed by atoms with Crippen molar-refractivity contribution in [2.75, 3.05) is 5.32 Å². The van der Waals surface area contributed by atoms with Crippen LogP contribution in [0.2, 0.25) is 0 Å². The van der Waals surface area contributed by atoms with E-state index in [0.717, 1.165) is 44.4 Å². The summed E-state index contributed by atoms with van der Waals surface area (Å²) in [5.41, 5.74) is 11.5. The zero-order valence-electron chi connectivity index (χ0n) is 22.0. The van der Waals surface area contributed by atoms with Crippen molar-refractivity contribution < 1.29 is 4.42 Å². The molecule has 2 heteroatoms. The predicted molar refractivity (Wildman–Crippen MR) is 164 cm³/mol. The van der Waals surface area contributed by atoms with E-state index in [0.29, 0.717) is 0 Å². The second-order valence-electron chi connectivity index (χ2n) is 11.1. The number of hydrogen-bond acceptors (Lipinski definition) is 2. The molecule has 0 fully saturated rings. The van der Waals surface area contributed by atoms with Gasteiger partial charge in [0.1, 0.15) is 5.58 Å². The summed E-state index contributed by atoms with van der Waals surface area (Å²) in [4.78, 5) is 0. The van der Waals surface area contributed by atoms with Gasteiger partial charge in [-0.2, -0.15) is 0 Å². The van der Waals surface area contributed by atoms with E-state index in [1.54, 1.807) is 0 Å². The van der Waals surface area contributed by atoms with Gasteiger partial charge in [0.2, 0.25) is 0 Å². The molecule has 1 heterocycles. The Labute approximate surface area is 227 Å². The lowest BCUT2D eigenvalue weighted by Crippen LogP contribution is -2.14. The summed E-state index contributed by atoms with van der Waals surface area (Å²) >= 11 is 0. The van der Waals surface area contributed by atoms with E-state index in [-0.39, 0.29) is 5.41 Å². The molecule has 0 aliphatic heterocycles. The molecular formula is C37H27NO. The van der Waals surface area contributed by atoms with Crippen LogP contribution in [0.25, 0.3) is 55.0 Å². The largest absolute Gasteiger partial charge is 0.453 e. The fourth-order valence-electron chi connectivity index (χ4n) is 6.53. The Morgan fingerprint density at radius 2 is 1.31 bits per heavy atom. The van der Waals surface area contributed by atoms with Crippen molar-refractivity contribution in [3.8, 4) is 22.3 Å². The van der Waals surface area contributed by atoms with E-state index in [9.17, 15) is 0 Å². The molecule has 0 spiro atoms. The highest BCUT2D eigenvalue weighted by molar-refractivity contribution is 6.24. The van der Waals surface area contributed by atoms with E-state index in [1.165, 1.54) is 33.0 Å². The third-order valence-corrected chi connectivity index (χ3v) is 8.44. The Morgan fingerprint density at radius 3 is 2.21 bits per heavy atom. The summed E-state index contributed by atoms with van der Waals surface area (Å²) in [6, 6.07) is 43.3. The first kappa shape index (κ1) is 22.2. The maximum absolute atomic E-state index is 6.77. The van der Waals surface area contributed by atoms with Crippen LogP contribution in [0.3, 0.4) is 0 Å². The molecule has 0 atom stereocenters. The quantitative estimate of drug-likeness (QED) is 0.260. The number of hydrogen-bond donors (Lipinski definition) is 1.